The second-order valence-corrected chi connectivity index (χ2v) is 6.75. The van der Waals surface area contributed by atoms with Gasteiger partial charge in [-0.2, -0.15) is 0 Å². The number of likely N-dealkylation sites (tertiary alicyclic amines) is 1. The molecule has 2 unspecified atom stereocenters. The summed E-state index contributed by atoms with van der Waals surface area (Å²) < 4.78 is 5.39. The Labute approximate surface area is 157 Å². The van der Waals surface area contributed by atoms with Crippen LogP contribution in [0, 0.1) is 5.92 Å². The summed E-state index contributed by atoms with van der Waals surface area (Å²) >= 11 is 0. The molecule has 2 aromatic rings. The number of nitrogens with zero attached hydrogens (tertiary/aromatic N) is 1. The zero-order valence-electron chi connectivity index (χ0n) is 14.0. The van der Waals surface area contributed by atoms with Gasteiger partial charge >= 0.3 is 0 Å². The molecule has 0 radical (unpaired) electrons. The minimum absolute atomic E-state index is 0. The van der Waals surface area contributed by atoms with E-state index in [4.69, 9.17) is 4.74 Å². The maximum absolute atomic E-state index is 5.39. The SMILES string of the molecule is COc1ccc2c(c1)CC1CC2CN(Cc2ccccc2)C1.Cl.Cl. The van der Waals surface area contributed by atoms with Crippen molar-refractivity contribution in [3.63, 3.8) is 0 Å². The summed E-state index contributed by atoms with van der Waals surface area (Å²) in [5, 5.41) is 0. The fourth-order valence-electron chi connectivity index (χ4n) is 4.24. The van der Waals surface area contributed by atoms with Gasteiger partial charge in [0.15, 0.2) is 0 Å². The number of fused-ring (bicyclic) bond motifs is 4. The van der Waals surface area contributed by atoms with Crippen LogP contribution < -0.4 is 4.74 Å². The van der Waals surface area contributed by atoms with Crippen LogP contribution in [0.2, 0.25) is 0 Å². The largest absolute Gasteiger partial charge is 0.497 e. The number of piperidine rings is 1. The van der Waals surface area contributed by atoms with Crippen LogP contribution in [0.5, 0.6) is 5.75 Å². The van der Waals surface area contributed by atoms with Crippen LogP contribution in [-0.2, 0) is 13.0 Å². The minimum atomic E-state index is 0. The van der Waals surface area contributed by atoms with Crippen LogP contribution in [0.4, 0.5) is 0 Å². The molecule has 1 saturated heterocycles. The Hall–Kier alpha value is -1.22. The number of halogens is 2. The third-order valence-electron chi connectivity index (χ3n) is 5.16. The first-order valence-electron chi connectivity index (χ1n) is 8.25. The number of rotatable bonds is 3. The standard InChI is InChI=1S/C20H23NO.2ClH/c1-22-19-7-8-20-17(11-19)9-16-10-18(20)14-21(13-16)12-15-5-3-2-4-6-15;;/h2-8,11,16,18H,9-10,12-14H2,1H3;2*1H. The molecule has 4 heteroatoms. The second-order valence-electron chi connectivity index (χ2n) is 6.75. The lowest BCUT2D eigenvalue weighted by molar-refractivity contribution is 0.138. The Bertz CT molecular complexity index is 662. The third kappa shape index (κ3) is 3.88. The average Bonchev–Trinajstić information content (AvgIpc) is 2.55. The predicted molar refractivity (Wildman–Crippen MR) is 104 cm³/mol. The molecule has 1 heterocycles. The molecule has 2 aliphatic rings. The summed E-state index contributed by atoms with van der Waals surface area (Å²) in [6.45, 7) is 3.49. The monoisotopic (exact) mass is 365 g/mol. The summed E-state index contributed by atoms with van der Waals surface area (Å²) in [5.41, 5.74) is 4.49. The van der Waals surface area contributed by atoms with Gasteiger partial charge in [-0.05, 0) is 53.5 Å². The molecule has 1 aliphatic carbocycles. The average molecular weight is 366 g/mol. The van der Waals surface area contributed by atoms with E-state index < -0.39 is 0 Å². The van der Waals surface area contributed by atoms with E-state index in [-0.39, 0.29) is 24.8 Å². The zero-order chi connectivity index (χ0) is 14.9. The van der Waals surface area contributed by atoms with Crippen molar-refractivity contribution in [1.82, 2.24) is 4.90 Å². The molecule has 24 heavy (non-hydrogen) atoms. The highest BCUT2D eigenvalue weighted by Gasteiger charge is 2.33. The highest BCUT2D eigenvalue weighted by molar-refractivity contribution is 5.85. The summed E-state index contributed by atoms with van der Waals surface area (Å²) in [5.74, 6) is 2.49. The van der Waals surface area contributed by atoms with Crippen molar-refractivity contribution in [1.29, 1.82) is 0 Å². The molecule has 1 aliphatic heterocycles. The van der Waals surface area contributed by atoms with Crippen LogP contribution >= 0.6 is 24.8 Å². The summed E-state index contributed by atoms with van der Waals surface area (Å²) in [6, 6.07) is 17.5. The number of benzene rings is 2. The molecule has 0 aromatic heterocycles. The zero-order valence-corrected chi connectivity index (χ0v) is 15.6. The number of methoxy groups -OCH3 is 1. The van der Waals surface area contributed by atoms with Gasteiger partial charge in [0.2, 0.25) is 0 Å². The van der Waals surface area contributed by atoms with Gasteiger partial charge in [-0.25, -0.2) is 0 Å². The van der Waals surface area contributed by atoms with E-state index >= 15 is 0 Å². The molecule has 2 bridgehead atoms. The van der Waals surface area contributed by atoms with Gasteiger partial charge in [-0.1, -0.05) is 36.4 Å². The number of hydrogen-bond acceptors (Lipinski definition) is 2. The number of hydrogen-bond donors (Lipinski definition) is 0. The lowest BCUT2D eigenvalue weighted by Crippen LogP contribution is -2.42. The van der Waals surface area contributed by atoms with Crippen LogP contribution in [-0.4, -0.2) is 25.1 Å². The highest BCUT2D eigenvalue weighted by atomic mass is 35.5. The Morgan fingerprint density at radius 2 is 1.83 bits per heavy atom. The van der Waals surface area contributed by atoms with Gasteiger partial charge in [0.1, 0.15) is 5.75 Å². The Morgan fingerprint density at radius 3 is 2.58 bits per heavy atom. The molecule has 2 atom stereocenters. The minimum Gasteiger partial charge on any atom is -0.497 e. The lowest BCUT2D eigenvalue weighted by Gasteiger charge is -2.42. The van der Waals surface area contributed by atoms with Crippen molar-refractivity contribution in [2.24, 2.45) is 5.92 Å². The van der Waals surface area contributed by atoms with E-state index in [2.05, 4.69) is 53.4 Å². The molecule has 2 nitrogen and oxygen atoms in total. The van der Waals surface area contributed by atoms with Crippen molar-refractivity contribution in [3.8, 4) is 5.75 Å². The first kappa shape index (κ1) is 19.1. The van der Waals surface area contributed by atoms with E-state index in [1.807, 2.05) is 0 Å². The van der Waals surface area contributed by atoms with Crippen LogP contribution in [0.15, 0.2) is 48.5 Å². The van der Waals surface area contributed by atoms with Crippen LogP contribution in [0.25, 0.3) is 0 Å². The van der Waals surface area contributed by atoms with E-state index in [1.165, 1.54) is 37.1 Å². The normalized spacial score (nSPS) is 21.9. The molecular weight excluding hydrogens is 341 g/mol. The Morgan fingerprint density at radius 1 is 1.04 bits per heavy atom. The van der Waals surface area contributed by atoms with Crippen LogP contribution in [0.3, 0.4) is 0 Å². The van der Waals surface area contributed by atoms with Gasteiger partial charge < -0.3 is 4.74 Å². The van der Waals surface area contributed by atoms with E-state index in [0.29, 0.717) is 5.92 Å². The fourth-order valence-corrected chi connectivity index (χ4v) is 4.24. The van der Waals surface area contributed by atoms with Gasteiger partial charge in [0, 0.05) is 19.6 Å². The van der Waals surface area contributed by atoms with Gasteiger partial charge in [-0.15, -0.1) is 24.8 Å². The summed E-state index contributed by atoms with van der Waals surface area (Å²) in [4.78, 5) is 2.64. The van der Waals surface area contributed by atoms with Gasteiger partial charge in [0.05, 0.1) is 7.11 Å². The van der Waals surface area contributed by atoms with Crippen molar-refractivity contribution in [3.05, 3.63) is 65.2 Å². The first-order valence-corrected chi connectivity index (χ1v) is 8.25. The van der Waals surface area contributed by atoms with Gasteiger partial charge in [0.25, 0.3) is 0 Å². The van der Waals surface area contributed by atoms with E-state index in [0.717, 1.165) is 18.2 Å². The smallest absolute Gasteiger partial charge is 0.119 e. The molecule has 0 saturated carbocycles. The second kappa shape index (κ2) is 8.24. The van der Waals surface area contributed by atoms with Crippen molar-refractivity contribution in [2.75, 3.05) is 20.2 Å². The Balaban J connectivity index is 0.00000104. The molecule has 0 N–H and O–H groups in total. The molecule has 130 valence electrons. The quantitative estimate of drug-likeness (QED) is 0.781. The van der Waals surface area contributed by atoms with Crippen LogP contribution in [0.1, 0.15) is 29.0 Å². The molecule has 1 fully saturated rings. The van der Waals surface area contributed by atoms with Crippen molar-refractivity contribution < 1.29 is 4.74 Å². The summed E-state index contributed by atoms with van der Waals surface area (Å²) in [7, 11) is 1.76. The number of ether oxygens (including phenoxy) is 1. The van der Waals surface area contributed by atoms with Crippen molar-refractivity contribution in [2.45, 2.75) is 25.3 Å². The maximum Gasteiger partial charge on any atom is 0.119 e. The fraction of sp³-hybridized carbons (Fsp3) is 0.400. The molecular formula is C20H25Cl2NO. The van der Waals surface area contributed by atoms with E-state index in [9.17, 15) is 0 Å². The Kier molecular flexibility index (Phi) is 6.56. The molecule has 0 spiro atoms. The molecule has 4 rings (SSSR count). The van der Waals surface area contributed by atoms with Gasteiger partial charge in [-0.3, -0.25) is 4.90 Å². The first-order chi connectivity index (χ1) is 10.8. The lowest BCUT2D eigenvalue weighted by atomic mass is 9.74. The summed E-state index contributed by atoms with van der Waals surface area (Å²) in [6.07, 6.45) is 2.55. The maximum atomic E-state index is 5.39. The topological polar surface area (TPSA) is 12.5 Å². The molecule has 0 amide bonds. The van der Waals surface area contributed by atoms with E-state index in [1.54, 1.807) is 12.7 Å². The van der Waals surface area contributed by atoms with Crippen molar-refractivity contribution >= 4 is 24.8 Å². The molecule has 2 aromatic carbocycles. The highest BCUT2D eigenvalue weighted by Crippen LogP contribution is 2.40. The predicted octanol–water partition coefficient (Wildman–Crippen LogP) is 4.70. The third-order valence-corrected chi connectivity index (χ3v) is 5.16.